The summed E-state index contributed by atoms with van der Waals surface area (Å²) in [4.78, 5) is 18.2. The van der Waals surface area contributed by atoms with Crippen LogP contribution in [0.3, 0.4) is 0 Å². The molecule has 0 aromatic heterocycles. The van der Waals surface area contributed by atoms with Crippen LogP contribution in [0.4, 0.5) is 0 Å². The molecule has 0 spiro atoms. The van der Waals surface area contributed by atoms with E-state index in [0.29, 0.717) is 32.1 Å². The quantitative estimate of drug-likeness (QED) is 0.306. The first-order valence-corrected chi connectivity index (χ1v) is 9.09. The summed E-state index contributed by atoms with van der Waals surface area (Å²) in [5.41, 5.74) is 5.19. The molecule has 146 valence electrons. The molecule has 1 unspecified atom stereocenters. The van der Waals surface area contributed by atoms with Crippen molar-refractivity contribution < 1.29 is 14.6 Å². The van der Waals surface area contributed by atoms with Crippen molar-refractivity contribution in [2.45, 2.75) is 39.0 Å². The average Bonchev–Trinajstić information content (AvgIpc) is 2.59. The van der Waals surface area contributed by atoms with E-state index in [0.717, 1.165) is 51.3 Å². The van der Waals surface area contributed by atoms with Gasteiger partial charge in [0.15, 0.2) is 5.96 Å². The van der Waals surface area contributed by atoms with Crippen molar-refractivity contribution in [3.63, 3.8) is 0 Å². The SMILES string of the molecule is CCNC(=NCC1(CO)CCOCC1)N1CCCC(CC(N)=O)C1.I. The van der Waals surface area contributed by atoms with Crippen LogP contribution in [0.2, 0.25) is 0 Å². The van der Waals surface area contributed by atoms with Crippen LogP contribution < -0.4 is 11.1 Å². The monoisotopic (exact) mass is 468 g/mol. The van der Waals surface area contributed by atoms with Crippen LogP contribution in [-0.4, -0.2) is 67.9 Å². The molecule has 0 aliphatic carbocycles. The fourth-order valence-corrected chi connectivity index (χ4v) is 3.55. The Morgan fingerprint density at radius 2 is 2.16 bits per heavy atom. The van der Waals surface area contributed by atoms with Crippen LogP contribution >= 0.6 is 24.0 Å². The molecular weight excluding hydrogens is 435 g/mol. The minimum absolute atomic E-state index is 0. The maximum absolute atomic E-state index is 11.2. The van der Waals surface area contributed by atoms with Crippen molar-refractivity contribution in [3.8, 4) is 0 Å². The lowest BCUT2D eigenvalue weighted by atomic mass is 9.81. The minimum atomic E-state index is -0.231. The molecule has 2 heterocycles. The molecule has 2 aliphatic rings. The Hall–Kier alpha value is -0.610. The molecule has 1 atom stereocenters. The highest BCUT2D eigenvalue weighted by atomic mass is 127. The van der Waals surface area contributed by atoms with Gasteiger partial charge in [-0.15, -0.1) is 24.0 Å². The van der Waals surface area contributed by atoms with Gasteiger partial charge >= 0.3 is 0 Å². The van der Waals surface area contributed by atoms with Crippen molar-refractivity contribution in [3.05, 3.63) is 0 Å². The number of aliphatic imine (C=N–C) groups is 1. The molecule has 2 aliphatic heterocycles. The molecule has 0 aromatic rings. The maximum atomic E-state index is 11.2. The Morgan fingerprint density at radius 1 is 1.44 bits per heavy atom. The number of guanidine groups is 1. The number of aliphatic hydroxyl groups is 1. The van der Waals surface area contributed by atoms with Gasteiger partial charge in [-0.3, -0.25) is 9.79 Å². The van der Waals surface area contributed by atoms with E-state index in [1.165, 1.54) is 0 Å². The fraction of sp³-hybridized carbons (Fsp3) is 0.882. The molecule has 2 saturated heterocycles. The zero-order valence-electron chi connectivity index (χ0n) is 15.2. The van der Waals surface area contributed by atoms with Crippen molar-refractivity contribution in [1.29, 1.82) is 0 Å². The summed E-state index contributed by atoms with van der Waals surface area (Å²) in [6.07, 6.45) is 4.21. The molecule has 1 amide bonds. The number of carbonyl (C=O) groups excluding carboxylic acids is 1. The van der Waals surface area contributed by atoms with E-state index in [1.807, 2.05) is 0 Å². The third-order valence-electron chi connectivity index (χ3n) is 5.10. The van der Waals surface area contributed by atoms with Gasteiger partial charge in [-0.2, -0.15) is 0 Å². The first kappa shape index (κ1) is 22.4. The predicted octanol–water partition coefficient (Wildman–Crippen LogP) is 0.946. The Morgan fingerprint density at radius 3 is 2.76 bits per heavy atom. The topological polar surface area (TPSA) is 100 Å². The number of nitrogens with two attached hydrogens (primary N) is 1. The number of ether oxygens (including phenoxy) is 1. The van der Waals surface area contributed by atoms with Gasteiger partial charge in [0.05, 0.1) is 13.2 Å². The molecule has 0 saturated carbocycles. The lowest BCUT2D eigenvalue weighted by Crippen LogP contribution is -2.48. The molecule has 8 heteroatoms. The highest BCUT2D eigenvalue weighted by molar-refractivity contribution is 14.0. The van der Waals surface area contributed by atoms with E-state index in [-0.39, 0.29) is 41.9 Å². The number of hydrogen-bond donors (Lipinski definition) is 3. The van der Waals surface area contributed by atoms with Gasteiger partial charge in [0.2, 0.25) is 5.91 Å². The second-order valence-electron chi connectivity index (χ2n) is 7.07. The van der Waals surface area contributed by atoms with Crippen molar-refractivity contribution in [2.24, 2.45) is 22.1 Å². The number of halogens is 1. The standard InChI is InChI=1S/C17H32N4O3.HI/c1-2-19-16(20-12-17(13-22)5-8-24-9-6-17)21-7-3-4-14(11-21)10-15(18)23;/h14,22H,2-13H2,1H3,(H2,18,23)(H,19,20);1H. The van der Waals surface area contributed by atoms with E-state index < -0.39 is 0 Å². The summed E-state index contributed by atoms with van der Waals surface area (Å²) in [6, 6.07) is 0. The van der Waals surface area contributed by atoms with Crippen molar-refractivity contribution >= 4 is 35.8 Å². The number of nitrogens with one attached hydrogen (secondary N) is 1. The predicted molar refractivity (Wildman–Crippen MR) is 109 cm³/mol. The highest BCUT2D eigenvalue weighted by Crippen LogP contribution is 2.30. The number of piperidine rings is 1. The molecule has 2 fully saturated rings. The lowest BCUT2D eigenvalue weighted by Gasteiger charge is -2.37. The van der Waals surface area contributed by atoms with Crippen molar-refractivity contribution in [2.75, 3.05) is 46.0 Å². The van der Waals surface area contributed by atoms with Crippen LogP contribution in [0.15, 0.2) is 4.99 Å². The lowest BCUT2D eigenvalue weighted by molar-refractivity contribution is -0.119. The van der Waals surface area contributed by atoms with Crippen molar-refractivity contribution in [1.82, 2.24) is 10.2 Å². The summed E-state index contributed by atoms with van der Waals surface area (Å²) in [5, 5.41) is 13.2. The minimum Gasteiger partial charge on any atom is -0.396 e. The largest absolute Gasteiger partial charge is 0.396 e. The number of aliphatic hydroxyl groups excluding tert-OH is 1. The van der Waals surface area contributed by atoms with Crippen LogP contribution in [0.25, 0.3) is 0 Å². The van der Waals surface area contributed by atoms with Gasteiger partial charge < -0.3 is 25.8 Å². The molecule has 2 rings (SSSR count). The average molecular weight is 468 g/mol. The summed E-state index contributed by atoms with van der Waals surface area (Å²) >= 11 is 0. The molecule has 4 N–H and O–H groups in total. The zero-order chi connectivity index (χ0) is 17.4. The number of primary amides is 1. The fourth-order valence-electron chi connectivity index (χ4n) is 3.55. The molecule has 0 radical (unpaired) electrons. The van der Waals surface area contributed by atoms with E-state index in [1.54, 1.807) is 0 Å². The van der Waals surface area contributed by atoms with Crippen LogP contribution in [-0.2, 0) is 9.53 Å². The van der Waals surface area contributed by atoms with E-state index >= 15 is 0 Å². The Kier molecular flexibility index (Phi) is 10.0. The first-order chi connectivity index (χ1) is 11.6. The molecule has 0 aromatic carbocycles. The Labute approximate surface area is 167 Å². The number of nitrogens with zero attached hydrogens (tertiary/aromatic N) is 2. The van der Waals surface area contributed by atoms with Gasteiger partial charge in [-0.05, 0) is 38.5 Å². The van der Waals surface area contributed by atoms with E-state index in [9.17, 15) is 9.90 Å². The van der Waals surface area contributed by atoms with Crippen LogP contribution in [0.1, 0.15) is 39.0 Å². The van der Waals surface area contributed by atoms with E-state index in [4.69, 9.17) is 15.5 Å². The molecule has 0 bridgehead atoms. The normalized spacial score (nSPS) is 23.7. The number of hydrogen-bond acceptors (Lipinski definition) is 4. The number of amides is 1. The second kappa shape index (κ2) is 11.2. The summed E-state index contributed by atoms with van der Waals surface area (Å²) in [5.74, 6) is 0.950. The third kappa shape index (κ3) is 6.90. The molecule has 25 heavy (non-hydrogen) atoms. The highest BCUT2D eigenvalue weighted by Gasteiger charge is 2.32. The summed E-state index contributed by atoms with van der Waals surface area (Å²) in [7, 11) is 0. The maximum Gasteiger partial charge on any atom is 0.217 e. The van der Waals surface area contributed by atoms with E-state index in [2.05, 4.69) is 17.1 Å². The Balaban J connectivity index is 0.00000312. The molecular formula is C17H33IN4O3. The van der Waals surface area contributed by atoms with Crippen LogP contribution in [0, 0.1) is 11.3 Å². The van der Waals surface area contributed by atoms with Gasteiger partial charge in [0.25, 0.3) is 0 Å². The smallest absolute Gasteiger partial charge is 0.217 e. The van der Waals surface area contributed by atoms with Crippen LogP contribution in [0.5, 0.6) is 0 Å². The summed E-state index contributed by atoms with van der Waals surface area (Å²) < 4.78 is 5.42. The van der Waals surface area contributed by atoms with Gasteiger partial charge in [0, 0.05) is 44.7 Å². The zero-order valence-corrected chi connectivity index (χ0v) is 17.5. The summed E-state index contributed by atoms with van der Waals surface area (Å²) in [6.45, 7) is 6.73. The second-order valence-corrected chi connectivity index (χ2v) is 7.07. The van der Waals surface area contributed by atoms with Gasteiger partial charge in [-0.25, -0.2) is 0 Å². The Bertz CT molecular complexity index is 442. The number of likely N-dealkylation sites (tertiary alicyclic amines) is 1. The molecule has 7 nitrogen and oxygen atoms in total. The number of carbonyl (C=O) groups is 1. The number of rotatable bonds is 6. The van der Waals surface area contributed by atoms with Gasteiger partial charge in [0.1, 0.15) is 0 Å². The van der Waals surface area contributed by atoms with Gasteiger partial charge in [-0.1, -0.05) is 0 Å². The first-order valence-electron chi connectivity index (χ1n) is 9.09. The third-order valence-corrected chi connectivity index (χ3v) is 5.10.